The minimum absolute atomic E-state index is 0.0718. The molecule has 2 aromatic rings. The van der Waals surface area contributed by atoms with Crippen molar-refractivity contribution in [2.45, 2.75) is 37.8 Å². The number of para-hydroxylation sites is 1. The highest BCUT2D eigenvalue weighted by atomic mass is 16.2. The first-order valence-corrected chi connectivity index (χ1v) is 10.9. The van der Waals surface area contributed by atoms with Crippen LogP contribution in [0.15, 0.2) is 60.7 Å². The molecular weight excluding hydrogens is 376 g/mol. The van der Waals surface area contributed by atoms with Crippen LogP contribution in [0.4, 0.5) is 10.5 Å². The van der Waals surface area contributed by atoms with Crippen molar-refractivity contribution in [2.24, 2.45) is 0 Å². The summed E-state index contributed by atoms with van der Waals surface area (Å²) in [5, 5.41) is 5.96. The summed E-state index contributed by atoms with van der Waals surface area (Å²) in [6.45, 7) is 3.44. The predicted molar refractivity (Wildman–Crippen MR) is 118 cm³/mol. The summed E-state index contributed by atoms with van der Waals surface area (Å²) >= 11 is 0. The number of benzene rings is 2. The molecule has 0 aromatic heterocycles. The summed E-state index contributed by atoms with van der Waals surface area (Å²) in [5.74, 6) is 0.0718. The molecule has 2 aromatic carbocycles. The Hall–Kier alpha value is -3.02. The van der Waals surface area contributed by atoms with E-state index in [0.717, 1.165) is 31.5 Å². The molecule has 0 radical (unpaired) electrons. The molecule has 1 aliphatic heterocycles. The van der Waals surface area contributed by atoms with E-state index < -0.39 is 5.54 Å². The Morgan fingerprint density at radius 1 is 0.833 bits per heavy atom. The second kappa shape index (κ2) is 9.20. The lowest BCUT2D eigenvalue weighted by Crippen LogP contribution is -2.62. The third-order valence-corrected chi connectivity index (χ3v) is 6.20. The van der Waals surface area contributed by atoms with Gasteiger partial charge in [0.05, 0.1) is 0 Å². The van der Waals surface area contributed by atoms with Gasteiger partial charge in [0.25, 0.3) is 0 Å². The molecule has 0 atom stereocenters. The van der Waals surface area contributed by atoms with Crippen LogP contribution in [-0.4, -0.2) is 48.6 Å². The van der Waals surface area contributed by atoms with Crippen molar-refractivity contribution in [1.29, 1.82) is 0 Å². The van der Waals surface area contributed by atoms with Crippen LogP contribution in [0.3, 0.4) is 0 Å². The maximum absolute atomic E-state index is 13.4. The summed E-state index contributed by atoms with van der Waals surface area (Å²) < 4.78 is 0. The predicted octanol–water partition coefficient (Wildman–Crippen LogP) is 3.15. The van der Waals surface area contributed by atoms with Crippen LogP contribution in [0, 0.1) is 0 Å². The summed E-state index contributed by atoms with van der Waals surface area (Å²) in [6.07, 6.45) is 3.36. The largest absolute Gasteiger partial charge is 0.368 e. The van der Waals surface area contributed by atoms with E-state index in [0.29, 0.717) is 32.5 Å². The topological polar surface area (TPSA) is 64.7 Å². The molecule has 1 aliphatic carbocycles. The average Bonchev–Trinajstić information content (AvgIpc) is 3.28. The first kappa shape index (κ1) is 20.3. The van der Waals surface area contributed by atoms with E-state index in [1.807, 2.05) is 53.4 Å². The number of hydrogen-bond acceptors (Lipinski definition) is 3. The van der Waals surface area contributed by atoms with Crippen LogP contribution in [0.25, 0.3) is 0 Å². The van der Waals surface area contributed by atoms with Crippen LogP contribution in [-0.2, 0) is 11.3 Å². The summed E-state index contributed by atoms with van der Waals surface area (Å²) in [6, 6.07) is 19.8. The number of piperazine rings is 1. The third kappa shape index (κ3) is 4.58. The van der Waals surface area contributed by atoms with E-state index in [4.69, 9.17) is 0 Å². The first-order valence-electron chi connectivity index (χ1n) is 10.9. The molecule has 6 heteroatoms. The van der Waals surface area contributed by atoms with Gasteiger partial charge in [-0.05, 0) is 30.5 Å². The van der Waals surface area contributed by atoms with E-state index >= 15 is 0 Å². The fourth-order valence-corrected chi connectivity index (χ4v) is 4.52. The van der Waals surface area contributed by atoms with Gasteiger partial charge in [0.2, 0.25) is 5.91 Å². The zero-order valence-corrected chi connectivity index (χ0v) is 17.3. The zero-order chi connectivity index (χ0) is 20.8. The number of hydrogen-bond donors (Lipinski definition) is 2. The van der Waals surface area contributed by atoms with Crippen molar-refractivity contribution in [2.75, 3.05) is 31.1 Å². The smallest absolute Gasteiger partial charge is 0.315 e. The summed E-state index contributed by atoms with van der Waals surface area (Å²) in [5.41, 5.74) is 1.46. The van der Waals surface area contributed by atoms with E-state index in [1.54, 1.807) is 0 Å². The van der Waals surface area contributed by atoms with E-state index in [1.165, 1.54) is 5.69 Å². The lowest BCUT2D eigenvalue weighted by Gasteiger charge is -2.40. The maximum atomic E-state index is 13.4. The van der Waals surface area contributed by atoms with Gasteiger partial charge in [-0.3, -0.25) is 4.79 Å². The Labute approximate surface area is 178 Å². The number of carbonyl (C=O) groups is 2. The molecule has 1 saturated carbocycles. The van der Waals surface area contributed by atoms with Gasteiger partial charge in [-0.25, -0.2) is 4.79 Å². The molecule has 30 heavy (non-hydrogen) atoms. The van der Waals surface area contributed by atoms with E-state index in [-0.39, 0.29) is 11.9 Å². The second-order valence-electron chi connectivity index (χ2n) is 8.20. The summed E-state index contributed by atoms with van der Waals surface area (Å²) in [7, 11) is 0. The molecular formula is C24H30N4O2. The number of nitrogens with one attached hydrogen (secondary N) is 2. The van der Waals surface area contributed by atoms with Gasteiger partial charge < -0.3 is 20.4 Å². The van der Waals surface area contributed by atoms with Gasteiger partial charge in [0.15, 0.2) is 0 Å². The lowest BCUT2D eigenvalue weighted by atomic mass is 9.95. The standard InChI is InChI=1S/C24H30N4O2/c29-22(28-17-15-27(16-18-28)21-11-5-2-6-12-21)24(13-7-8-14-24)26-23(30)25-19-20-9-3-1-4-10-20/h1-6,9-12H,7-8,13-19H2,(H2,25,26,30). The number of anilines is 1. The lowest BCUT2D eigenvalue weighted by molar-refractivity contribution is -0.138. The molecule has 4 rings (SSSR count). The normalized spacial score (nSPS) is 18.1. The van der Waals surface area contributed by atoms with Gasteiger partial charge >= 0.3 is 6.03 Å². The maximum Gasteiger partial charge on any atom is 0.315 e. The quantitative estimate of drug-likeness (QED) is 0.802. The molecule has 0 spiro atoms. The van der Waals surface area contributed by atoms with E-state index in [2.05, 4.69) is 27.7 Å². The minimum atomic E-state index is -0.768. The van der Waals surface area contributed by atoms with Crippen molar-refractivity contribution in [3.8, 4) is 0 Å². The van der Waals surface area contributed by atoms with Crippen LogP contribution in [0.1, 0.15) is 31.2 Å². The average molecular weight is 407 g/mol. The highest BCUT2D eigenvalue weighted by Gasteiger charge is 2.45. The van der Waals surface area contributed by atoms with Crippen LogP contribution >= 0.6 is 0 Å². The zero-order valence-electron chi connectivity index (χ0n) is 17.3. The molecule has 6 nitrogen and oxygen atoms in total. The van der Waals surface area contributed by atoms with Gasteiger partial charge in [-0.15, -0.1) is 0 Å². The Balaban J connectivity index is 1.35. The fourth-order valence-electron chi connectivity index (χ4n) is 4.52. The molecule has 158 valence electrons. The molecule has 0 bridgehead atoms. The molecule has 2 aliphatic rings. The van der Waals surface area contributed by atoms with Crippen molar-refractivity contribution in [3.63, 3.8) is 0 Å². The minimum Gasteiger partial charge on any atom is -0.368 e. The fraction of sp³-hybridized carbons (Fsp3) is 0.417. The third-order valence-electron chi connectivity index (χ3n) is 6.20. The number of nitrogens with zero attached hydrogens (tertiary/aromatic N) is 2. The molecule has 2 fully saturated rings. The Morgan fingerprint density at radius 3 is 2.07 bits per heavy atom. The van der Waals surface area contributed by atoms with Gasteiger partial charge in [-0.1, -0.05) is 61.4 Å². The Morgan fingerprint density at radius 2 is 1.43 bits per heavy atom. The van der Waals surface area contributed by atoms with Crippen molar-refractivity contribution < 1.29 is 9.59 Å². The molecule has 1 saturated heterocycles. The van der Waals surface area contributed by atoms with E-state index in [9.17, 15) is 9.59 Å². The first-order chi connectivity index (χ1) is 14.7. The highest BCUT2D eigenvalue weighted by molar-refractivity contribution is 5.91. The molecule has 3 amide bonds. The van der Waals surface area contributed by atoms with Gasteiger partial charge in [0.1, 0.15) is 5.54 Å². The Bertz CT molecular complexity index is 842. The number of carbonyl (C=O) groups excluding carboxylic acids is 2. The molecule has 0 unspecified atom stereocenters. The number of urea groups is 1. The number of amides is 3. The number of rotatable bonds is 5. The van der Waals surface area contributed by atoms with Gasteiger partial charge in [-0.2, -0.15) is 0 Å². The Kier molecular flexibility index (Phi) is 6.21. The molecule has 1 heterocycles. The van der Waals surface area contributed by atoms with Crippen molar-refractivity contribution >= 4 is 17.6 Å². The van der Waals surface area contributed by atoms with Crippen LogP contribution in [0.2, 0.25) is 0 Å². The van der Waals surface area contributed by atoms with Gasteiger partial charge in [0, 0.05) is 38.4 Å². The second-order valence-corrected chi connectivity index (χ2v) is 8.20. The SMILES string of the molecule is O=C(NCc1ccccc1)NC1(C(=O)N2CCN(c3ccccc3)CC2)CCCC1. The van der Waals surface area contributed by atoms with Crippen molar-refractivity contribution in [1.82, 2.24) is 15.5 Å². The van der Waals surface area contributed by atoms with Crippen molar-refractivity contribution in [3.05, 3.63) is 66.2 Å². The van der Waals surface area contributed by atoms with Crippen LogP contribution in [0.5, 0.6) is 0 Å². The molecule has 2 N–H and O–H groups in total. The summed E-state index contributed by atoms with van der Waals surface area (Å²) in [4.78, 5) is 30.3. The monoisotopic (exact) mass is 406 g/mol. The van der Waals surface area contributed by atoms with Crippen LogP contribution < -0.4 is 15.5 Å². The highest BCUT2D eigenvalue weighted by Crippen LogP contribution is 2.32.